The molecule has 11 heteroatoms. The lowest BCUT2D eigenvalue weighted by molar-refractivity contribution is -0.165. The molecule has 0 saturated heterocycles. The summed E-state index contributed by atoms with van der Waals surface area (Å²) in [6.45, 7) is 28.8. The first-order valence-corrected chi connectivity index (χ1v) is 33.1. The van der Waals surface area contributed by atoms with Crippen molar-refractivity contribution in [1.82, 2.24) is 0 Å². The summed E-state index contributed by atoms with van der Waals surface area (Å²) in [5.74, 6) is 3.10. The monoisotopic (exact) mass is 1220 g/mol. The van der Waals surface area contributed by atoms with Crippen molar-refractivity contribution in [2.75, 3.05) is 19.8 Å². The van der Waals surface area contributed by atoms with E-state index < -0.39 is 11.0 Å². The normalized spacial score (nSPS) is 15.5. The van der Waals surface area contributed by atoms with Gasteiger partial charge < -0.3 is 33.2 Å². The summed E-state index contributed by atoms with van der Waals surface area (Å²) in [6, 6.07) is 47.7. The first-order valence-electron chi connectivity index (χ1n) is 33.1. The minimum Gasteiger partial charge on any atom is -0.482 e. The van der Waals surface area contributed by atoms with Gasteiger partial charge in [-0.2, -0.15) is 0 Å². The zero-order valence-corrected chi connectivity index (χ0v) is 56.3. The Balaban J connectivity index is 0.000000219. The summed E-state index contributed by atoms with van der Waals surface area (Å²) in [5.41, 5.74) is 4.78. The van der Waals surface area contributed by atoms with Gasteiger partial charge in [0, 0.05) is 5.39 Å². The highest BCUT2D eigenvalue weighted by Gasteiger charge is 2.37. The number of carbonyl (C=O) groups excluding carboxylic acids is 4. The summed E-state index contributed by atoms with van der Waals surface area (Å²) < 4.78 is 39.4. The second kappa shape index (κ2) is 36.5. The largest absolute Gasteiger partial charge is 0.482 e. The molecule has 484 valence electrons. The number of esters is 4. The van der Waals surface area contributed by atoms with Gasteiger partial charge in [0.2, 0.25) is 0 Å². The lowest BCUT2D eigenvalue weighted by Crippen LogP contribution is -2.39. The highest BCUT2D eigenvalue weighted by atomic mass is 16.6. The molecule has 0 radical (unpaired) electrons. The number of hydrogen-bond acceptors (Lipinski definition) is 11. The SMILES string of the molecule is CCC(C)(C)C(=O)OC(C)c1ccccc1.CCC(C)c1ccc(OCC(=O)OC(C)c2ccccc2)cc1.CCC(C)c1cccc(OCC(=O)OC(C)(C)C2CCCCC2)c1.CCC(C)c1cccc2c(OCC(=O)OC3(CC)CCCC3)cccc12. The fourth-order valence-electron chi connectivity index (χ4n) is 11.1. The van der Waals surface area contributed by atoms with Crippen LogP contribution in [0.1, 0.15) is 245 Å². The first-order chi connectivity index (χ1) is 42.6. The molecule has 0 heterocycles. The number of fused-ring (bicyclic) bond motifs is 1. The summed E-state index contributed by atoms with van der Waals surface area (Å²) in [4.78, 5) is 48.3. The van der Waals surface area contributed by atoms with Crippen LogP contribution >= 0.6 is 0 Å². The van der Waals surface area contributed by atoms with E-state index in [4.69, 9.17) is 33.2 Å². The maximum absolute atomic E-state index is 12.3. The van der Waals surface area contributed by atoms with E-state index in [0.717, 1.165) is 98.6 Å². The Morgan fingerprint density at radius 2 is 1.00 bits per heavy atom. The molecule has 11 nitrogen and oxygen atoms in total. The molecule has 5 unspecified atom stereocenters. The highest BCUT2D eigenvalue weighted by Crippen LogP contribution is 2.38. The van der Waals surface area contributed by atoms with Crippen molar-refractivity contribution in [2.24, 2.45) is 11.3 Å². The Morgan fingerprint density at radius 1 is 0.483 bits per heavy atom. The molecule has 2 aliphatic carbocycles. The molecular formula is C78H106O11. The van der Waals surface area contributed by atoms with Gasteiger partial charge >= 0.3 is 23.9 Å². The average Bonchev–Trinajstić information content (AvgIpc) is 2.12. The van der Waals surface area contributed by atoms with Gasteiger partial charge in [-0.1, -0.05) is 190 Å². The average molecular weight is 1220 g/mol. The van der Waals surface area contributed by atoms with Crippen LogP contribution in [0.5, 0.6) is 17.2 Å². The van der Waals surface area contributed by atoms with Crippen molar-refractivity contribution in [3.63, 3.8) is 0 Å². The zero-order chi connectivity index (χ0) is 65.0. The van der Waals surface area contributed by atoms with Crippen LogP contribution in [0.2, 0.25) is 0 Å². The van der Waals surface area contributed by atoms with E-state index in [-0.39, 0.29) is 61.5 Å². The van der Waals surface area contributed by atoms with Crippen LogP contribution in [-0.2, 0) is 38.1 Å². The molecule has 89 heavy (non-hydrogen) atoms. The third-order valence-corrected chi connectivity index (χ3v) is 18.2. The Labute approximate surface area is 534 Å². The van der Waals surface area contributed by atoms with Crippen molar-refractivity contribution >= 4 is 34.6 Å². The van der Waals surface area contributed by atoms with Gasteiger partial charge in [-0.3, -0.25) is 4.79 Å². The minimum absolute atomic E-state index is 0.0277. The van der Waals surface area contributed by atoms with E-state index in [9.17, 15) is 19.2 Å². The third-order valence-electron chi connectivity index (χ3n) is 18.2. The summed E-state index contributed by atoms with van der Waals surface area (Å²) in [6.07, 6.45) is 14.8. The number of rotatable bonds is 25. The van der Waals surface area contributed by atoms with E-state index in [1.165, 1.54) is 41.3 Å². The van der Waals surface area contributed by atoms with E-state index in [1.54, 1.807) is 0 Å². The molecule has 2 fully saturated rings. The molecule has 8 rings (SSSR count). The van der Waals surface area contributed by atoms with Gasteiger partial charge in [-0.25, -0.2) is 14.4 Å². The summed E-state index contributed by atoms with van der Waals surface area (Å²) in [7, 11) is 0. The predicted octanol–water partition coefficient (Wildman–Crippen LogP) is 20.1. The molecule has 2 aliphatic rings. The zero-order valence-electron chi connectivity index (χ0n) is 56.3. The molecule has 6 aromatic rings. The number of hydrogen-bond donors (Lipinski definition) is 0. The highest BCUT2D eigenvalue weighted by molar-refractivity contribution is 5.91. The maximum Gasteiger partial charge on any atom is 0.344 e. The molecule has 0 spiro atoms. The molecule has 0 bridgehead atoms. The van der Waals surface area contributed by atoms with Gasteiger partial charge in [-0.15, -0.1) is 0 Å². The van der Waals surface area contributed by atoms with Crippen molar-refractivity contribution in [3.05, 3.63) is 173 Å². The molecule has 6 aromatic carbocycles. The smallest absolute Gasteiger partial charge is 0.344 e. The summed E-state index contributed by atoms with van der Waals surface area (Å²) >= 11 is 0. The van der Waals surface area contributed by atoms with Gasteiger partial charge in [0.1, 0.15) is 40.7 Å². The van der Waals surface area contributed by atoms with Crippen molar-refractivity contribution in [3.8, 4) is 17.2 Å². The molecule has 0 amide bonds. The van der Waals surface area contributed by atoms with Crippen LogP contribution in [0.3, 0.4) is 0 Å². The maximum atomic E-state index is 12.3. The molecule has 2 saturated carbocycles. The second-order valence-electron chi connectivity index (χ2n) is 25.5. The minimum atomic E-state index is -0.403. The van der Waals surface area contributed by atoms with Crippen molar-refractivity contribution < 1.29 is 52.3 Å². The van der Waals surface area contributed by atoms with E-state index >= 15 is 0 Å². The quantitative estimate of drug-likeness (QED) is 0.0401. The Morgan fingerprint density at radius 3 is 1.58 bits per heavy atom. The van der Waals surface area contributed by atoms with Crippen LogP contribution in [0.15, 0.2) is 146 Å². The lowest BCUT2D eigenvalue weighted by Gasteiger charge is -2.36. The third kappa shape index (κ3) is 23.3. The van der Waals surface area contributed by atoms with Crippen molar-refractivity contribution in [2.45, 2.75) is 228 Å². The molecule has 0 N–H and O–H groups in total. The molecule has 0 aliphatic heterocycles. The van der Waals surface area contributed by atoms with Crippen LogP contribution in [0.25, 0.3) is 10.8 Å². The van der Waals surface area contributed by atoms with E-state index in [2.05, 4.69) is 78.8 Å². The van der Waals surface area contributed by atoms with E-state index in [0.29, 0.717) is 29.4 Å². The van der Waals surface area contributed by atoms with Gasteiger partial charge in [0.05, 0.1) is 5.41 Å². The van der Waals surface area contributed by atoms with Crippen LogP contribution in [0, 0.1) is 11.3 Å². The Hall–Kier alpha value is -7.14. The molecular weight excluding hydrogens is 1110 g/mol. The van der Waals surface area contributed by atoms with Crippen LogP contribution < -0.4 is 14.2 Å². The Kier molecular flexibility index (Phi) is 29.8. The number of carbonyl (C=O) groups is 4. The fourth-order valence-corrected chi connectivity index (χ4v) is 11.1. The summed E-state index contributed by atoms with van der Waals surface area (Å²) in [5, 5.41) is 2.26. The van der Waals surface area contributed by atoms with Gasteiger partial charge in [0.25, 0.3) is 0 Å². The molecule has 0 aromatic heterocycles. The Bertz CT molecular complexity index is 3050. The van der Waals surface area contributed by atoms with E-state index in [1.807, 2.05) is 164 Å². The fraction of sp³-hybridized carbons (Fsp3) is 0.513. The molecule has 5 atom stereocenters. The number of ether oxygens (including phenoxy) is 7. The second-order valence-corrected chi connectivity index (χ2v) is 25.5. The van der Waals surface area contributed by atoms with Crippen molar-refractivity contribution in [1.29, 1.82) is 0 Å². The standard InChI is InChI=1S/C23H30O3.C21H32O3.C20H24O3.C14H20O2/c1-4-17(3)18-10-8-12-20-19(18)11-9-13-21(20)25-16-22(24)26-23(5-2)14-6-7-15-23;1-5-16(2)17-10-9-13-19(14-17)23-15-20(22)24-21(3,4)18-11-7-6-8-12-18;1-4-15(2)17-10-12-19(13-11-17)22-14-20(21)23-16(3)18-8-6-5-7-9-18;1-5-14(3,4)13(15)16-11(2)12-9-7-6-8-10-12/h8-13,17H,4-7,14-16H2,1-3H3;9-10,13-14,16,18H,5-8,11-12,15H2,1-4H3;5-13,15-16H,4,14H2,1-3H3;6-11H,5H2,1-4H3. The van der Waals surface area contributed by atoms with Crippen LogP contribution in [-0.4, -0.2) is 54.9 Å². The number of benzene rings is 6. The first kappa shape index (κ1) is 72.6. The predicted molar refractivity (Wildman–Crippen MR) is 360 cm³/mol. The topological polar surface area (TPSA) is 133 Å². The van der Waals surface area contributed by atoms with Crippen LogP contribution in [0.4, 0.5) is 0 Å². The lowest BCUT2D eigenvalue weighted by atomic mass is 9.79. The van der Waals surface area contributed by atoms with Gasteiger partial charge in [0.15, 0.2) is 19.8 Å². The van der Waals surface area contributed by atoms with Gasteiger partial charge in [-0.05, 0) is 199 Å².